The molecule has 0 aliphatic carbocycles. The Balaban J connectivity index is 1.57. The van der Waals surface area contributed by atoms with Crippen LogP contribution in [-0.2, 0) is 17.8 Å². The number of benzene rings is 1. The number of fused-ring (bicyclic) bond motifs is 1. The van der Waals surface area contributed by atoms with E-state index in [2.05, 4.69) is 16.7 Å². The van der Waals surface area contributed by atoms with Crippen LogP contribution >= 0.6 is 0 Å². The number of hydrogen-bond acceptors (Lipinski definition) is 3. The third-order valence-electron chi connectivity index (χ3n) is 3.99. The first-order chi connectivity index (χ1) is 9.33. The Labute approximate surface area is 113 Å². The van der Waals surface area contributed by atoms with E-state index in [9.17, 15) is 4.79 Å². The highest BCUT2D eigenvalue weighted by atomic mass is 16.5. The van der Waals surface area contributed by atoms with E-state index in [0.717, 1.165) is 51.3 Å². The average Bonchev–Trinajstić information content (AvgIpc) is 2.93. The van der Waals surface area contributed by atoms with Gasteiger partial charge >= 0.3 is 0 Å². The van der Waals surface area contributed by atoms with E-state index < -0.39 is 0 Å². The predicted octanol–water partition coefficient (Wildman–Crippen LogP) is 1.45. The third-order valence-corrected chi connectivity index (χ3v) is 3.99. The van der Waals surface area contributed by atoms with Gasteiger partial charge in [0, 0.05) is 38.4 Å². The van der Waals surface area contributed by atoms with E-state index >= 15 is 0 Å². The second-order valence-electron chi connectivity index (χ2n) is 5.35. The molecule has 1 fully saturated rings. The fourth-order valence-corrected chi connectivity index (χ4v) is 2.73. The van der Waals surface area contributed by atoms with E-state index in [-0.39, 0.29) is 5.91 Å². The van der Waals surface area contributed by atoms with Gasteiger partial charge in [0.2, 0.25) is 0 Å². The van der Waals surface area contributed by atoms with Crippen LogP contribution < -0.4 is 10.6 Å². The molecule has 2 N–H and O–H groups in total. The highest BCUT2D eigenvalue weighted by molar-refractivity contribution is 5.94. The second kappa shape index (κ2) is 5.72. The Morgan fingerprint density at radius 1 is 1.26 bits per heavy atom. The van der Waals surface area contributed by atoms with Crippen LogP contribution in [0.2, 0.25) is 0 Å². The highest BCUT2D eigenvalue weighted by Gasteiger charge is 2.16. The van der Waals surface area contributed by atoms with Crippen LogP contribution in [0.1, 0.15) is 34.3 Å². The Bertz CT molecular complexity index is 467. The summed E-state index contributed by atoms with van der Waals surface area (Å²) in [5, 5.41) is 6.34. The molecule has 3 rings (SSSR count). The van der Waals surface area contributed by atoms with Crippen molar-refractivity contribution in [3.63, 3.8) is 0 Å². The number of hydrogen-bond donors (Lipinski definition) is 2. The van der Waals surface area contributed by atoms with Gasteiger partial charge < -0.3 is 15.4 Å². The normalized spacial score (nSPS) is 19.2. The van der Waals surface area contributed by atoms with Crippen molar-refractivity contribution in [2.75, 3.05) is 19.8 Å². The van der Waals surface area contributed by atoms with Crippen molar-refractivity contribution in [1.29, 1.82) is 0 Å². The molecule has 1 aromatic rings. The topological polar surface area (TPSA) is 50.4 Å². The van der Waals surface area contributed by atoms with Gasteiger partial charge in [0.05, 0.1) is 0 Å². The van der Waals surface area contributed by atoms with Gasteiger partial charge in [-0.25, -0.2) is 0 Å². The molecular weight excluding hydrogens is 240 g/mol. The summed E-state index contributed by atoms with van der Waals surface area (Å²) in [6.07, 6.45) is 2.10. The number of ether oxygens (including phenoxy) is 1. The molecule has 1 amide bonds. The van der Waals surface area contributed by atoms with Crippen molar-refractivity contribution in [2.24, 2.45) is 5.92 Å². The van der Waals surface area contributed by atoms with E-state index in [1.165, 1.54) is 11.1 Å². The van der Waals surface area contributed by atoms with Crippen molar-refractivity contribution in [3.8, 4) is 0 Å². The monoisotopic (exact) mass is 260 g/mol. The molecule has 0 unspecified atom stereocenters. The lowest BCUT2D eigenvalue weighted by Crippen LogP contribution is -2.32. The third kappa shape index (κ3) is 2.96. The number of carbonyl (C=O) groups excluding carboxylic acids is 1. The van der Waals surface area contributed by atoms with E-state index in [1.807, 2.05) is 12.1 Å². The molecule has 4 heteroatoms. The Kier molecular flexibility index (Phi) is 3.80. The van der Waals surface area contributed by atoms with Crippen LogP contribution in [0, 0.1) is 5.92 Å². The van der Waals surface area contributed by atoms with Gasteiger partial charge in [-0.15, -0.1) is 0 Å². The zero-order chi connectivity index (χ0) is 13.1. The van der Waals surface area contributed by atoms with E-state index in [0.29, 0.717) is 5.92 Å². The minimum atomic E-state index is 0.0428. The Hall–Kier alpha value is -1.39. The summed E-state index contributed by atoms with van der Waals surface area (Å²) in [6.45, 7) is 4.20. The van der Waals surface area contributed by atoms with Crippen molar-refractivity contribution in [1.82, 2.24) is 10.6 Å². The average molecular weight is 260 g/mol. The molecular formula is C15H20N2O2. The maximum absolute atomic E-state index is 12.1. The first-order valence-corrected chi connectivity index (χ1v) is 7.01. The van der Waals surface area contributed by atoms with Gasteiger partial charge in [-0.05, 0) is 42.0 Å². The molecule has 2 aliphatic heterocycles. The standard InChI is InChI=1S/C15H20N2O2/c18-15(17-8-11-3-5-19-6-4-11)12-1-2-13-9-16-10-14(13)7-12/h1-2,7,11,16H,3-6,8-10H2,(H,17,18). The van der Waals surface area contributed by atoms with Crippen LogP contribution in [0.15, 0.2) is 18.2 Å². The minimum Gasteiger partial charge on any atom is -0.381 e. The summed E-state index contributed by atoms with van der Waals surface area (Å²) in [5.74, 6) is 0.606. The van der Waals surface area contributed by atoms with Crippen LogP contribution in [0.25, 0.3) is 0 Å². The van der Waals surface area contributed by atoms with Crippen molar-refractivity contribution >= 4 is 5.91 Å². The highest BCUT2D eigenvalue weighted by Crippen LogP contribution is 2.17. The van der Waals surface area contributed by atoms with Crippen LogP contribution in [-0.4, -0.2) is 25.7 Å². The summed E-state index contributed by atoms with van der Waals surface area (Å²) >= 11 is 0. The zero-order valence-corrected chi connectivity index (χ0v) is 11.1. The maximum atomic E-state index is 12.1. The summed E-state index contributed by atoms with van der Waals surface area (Å²) in [7, 11) is 0. The van der Waals surface area contributed by atoms with Gasteiger partial charge in [-0.3, -0.25) is 4.79 Å². The molecule has 0 atom stereocenters. The van der Waals surface area contributed by atoms with Gasteiger partial charge in [-0.2, -0.15) is 0 Å². The van der Waals surface area contributed by atoms with Crippen molar-refractivity contribution in [2.45, 2.75) is 25.9 Å². The summed E-state index contributed by atoms with van der Waals surface area (Å²) in [6, 6.07) is 5.98. The lowest BCUT2D eigenvalue weighted by Gasteiger charge is -2.22. The molecule has 0 spiro atoms. The smallest absolute Gasteiger partial charge is 0.251 e. The minimum absolute atomic E-state index is 0.0428. The zero-order valence-electron chi connectivity index (χ0n) is 11.1. The molecule has 0 saturated carbocycles. The maximum Gasteiger partial charge on any atom is 0.251 e. The molecule has 2 aliphatic rings. The fraction of sp³-hybridized carbons (Fsp3) is 0.533. The molecule has 19 heavy (non-hydrogen) atoms. The number of rotatable bonds is 3. The molecule has 4 nitrogen and oxygen atoms in total. The number of nitrogens with one attached hydrogen (secondary N) is 2. The quantitative estimate of drug-likeness (QED) is 0.865. The fourth-order valence-electron chi connectivity index (χ4n) is 2.73. The van der Waals surface area contributed by atoms with Crippen LogP contribution in [0.5, 0.6) is 0 Å². The lowest BCUT2D eigenvalue weighted by molar-refractivity contribution is 0.0642. The molecule has 1 saturated heterocycles. The molecule has 102 valence electrons. The molecule has 0 aromatic heterocycles. The summed E-state index contributed by atoms with van der Waals surface area (Å²) in [5.41, 5.74) is 3.33. The van der Waals surface area contributed by atoms with Crippen molar-refractivity contribution in [3.05, 3.63) is 34.9 Å². The van der Waals surface area contributed by atoms with E-state index in [1.54, 1.807) is 0 Å². The van der Waals surface area contributed by atoms with Gasteiger partial charge in [0.15, 0.2) is 0 Å². The summed E-state index contributed by atoms with van der Waals surface area (Å²) < 4.78 is 5.32. The van der Waals surface area contributed by atoms with Gasteiger partial charge in [0.1, 0.15) is 0 Å². The Morgan fingerprint density at radius 3 is 2.89 bits per heavy atom. The predicted molar refractivity (Wildman–Crippen MR) is 72.9 cm³/mol. The molecule has 2 heterocycles. The van der Waals surface area contributed by atoms with E-state index in [4.69, 9.17) is 4.74 Å². The van der Waals surface area contributed by atoms with Crippen LogP contribution in [0.3, 0.4) is 0 Å². The van der Waals surface area contributed by atoms with Crippen molar-refractivity contribution < 1.29 is 9.53 Å². The van der Waals surface area contributed by atoms with Gasteiger partial charge in [0.25, 0.3) is 5.91 Å². The lowest BCUT2D eigenvalue weighted by atomic mass is 10.00. The first kappa shape index (κ1) is 12.6. The van der Waals surface area contributed by atoms with Crippen LogP contribution in [0.4, 0.5) is 0 Å². The molecule has 0 bridgehead atoms. The second-order valence-corrected chi connectivity index (χ2v) is 5.35. The Morgan fingerprint density at radius 2 is 2.05 bits per heavy atom. The first-order valence-electron chi connectivity index (χ1n) is 7.01. The van der Waals surface area contributed by atoms with Gasteiger partial charge in [-0.1, -0.05) is 6.07 Å². The SMILES string of the molecule is O=C(NCC1CCOCC1)c1ccc2c(c1)CNC2. The number of carbonyl (C=O) groups is 1. The largest absolute Gasteiger partial charge is 0.381 e. The molecule has 0 radical (unpaired) electrons. The molecule has 1 aromatic carbocycles. The number of amides is 1. The summed E-state index contributed by atoms with van der Waals surface area (Å²) in [4.78, 5) is 12.1.